The minimum atomic E-state index is -0.618. The number of phenols is 1. The number of hydrogen-bond acceptors (Lipinski definition) is 4. The first-order valence-corrected chi connectivity index (χ1v) is 9.50. The number of amides is 3. The Morgan fingerprint density at radius 2 is 1.90 bits per heavy atom. The maximum absolute atomic E-state index is 13.3. The van der Waals surface area contributed by atoms with Gasteiger partial charge in [0.1, 0.15) is 11.8 Å². The maximum Gasteiger partial charge on any atom is 0.242 e. The van der Waals surface area contributed by atoms with E-state index in [1.54, 1.807) is 49.2 Å². The molecule has 0 aliphatic carbocycles. The molecular formula is C22H25N3O4. The highest BCUT2D eigenvalue weighted by atomic mass is 16.3. The number of benzene rings is 2. The molecule has 0 unspecified atom stereocenters. The predicted molar refractivity (Wildman–Crippen MR) is 109 cm³/mol. The Morgan fingerprint density at radius 1 is 1.21 bits per heavy atom. The molecule has 3 rings (SSSR count). The lowest BCUT2D eigenvalue weighted by Gasteiger charge is -2.37. The number of aromatic hydroxyl groups is 1. The van der Waals surface area contributed by atoms with E-state index in [9.17, 15) is 19.5 Å². The molecule has 0 bridgehead atoms. The fourth-order valence-electron chi connectivity index (χ4n) is 3.70. The Labute approximate surface area is 169 Å². The van der Waals surface area contributed by atoms with Gasteiger partial charge in [-0.1, -0.05) is 18.2 Å². The fraction of sp³-hybridized carbons (Fsp3) is 0.318. The number of nitrogens with one attached hydrogen (secondary N) is 2. The summed E-state index contributed by atoms with van der Waals surface area (Å²) in [6.07, 6.45) is 0.447. The Kier molecular flexibility index (Phi) is 5.87. The molecule has 0 radical (unpaired) electrons. The van der Waals surface area contributed by atoms with Crippen molar-refractivity contribution in [1.82, 2.24) is 10.2 Å². The number of likely N-dealkylation sites (N-methyl/N-ethyl adjacent to an activating group) is 1. The van der Waals surface area contributed by atoms with Crippen LogP contribution in [0.25, 0.3) is 0 Å². The number of fused-ring (bicyclic) bond motifs is 1. The number of carbonyl (C=O) groups excluding carboxylic acids is 3. The molecule has 3 amide bonds. The molecule has 1 aliphatic heterocycles. The van der Waals surface area contributed by atoms with Gasteiger partial charge in [-0.05, 0) is 54.3 Å². The van der Waals surface area contributed by atoms with Crippen molar-refractivity contribution in [3.05, 3.63) is 59.2 Å². The third-order valence-corrected chi connectivity index (χ3v) is 5.23. The summed E-state index contributed by atoms with van der Waals surface area (Å²) in [7, 11) is 1.55. The van der Waals surface area contributed by atoms with Crippen LogP contribution in [0.1, 0.15) is 36.5 Å². The second kappa shape index (κ2) is 8.34. The monoisotopic (exact) mass is 395 g/mol. The molecule has 0 spiro atoms. The van der Waals surface area contributed by atoms with E-state index in [-0.39, 0.29) is 23.5 Å². The van der Waals surface area contributed by atoms with Crippen molar-refractivity contribution in [2.75, 3.05) is 12.4 Å². The molecule has 3 N–H and O–H groups in total. The van der Waals surface area contributed by atoms with Crippen molar-refractivity contribution in [2.45, 2.75) is 38.8 Å². The first kappa shape index (κ1) is 20.4. The van der Waals surface area contributed by atoms with Crippen LogP contribution in [0.15, 0.2) is 42.5 Å². The van der Waals surface area contributed by atoms with Crippen molar-refractivity contribution < 1.29 is 19.5 Å². The van der Waals surface area contributed by atoms with Crippen LogP contribution in [0, 0.1) is 0 Å². The average molecular weight is 395 g/mol. The summed E-state index contributed by atoms with van der Waals surface area (Å²) < 4.78 is 0. The van der Waals surface area contributed by atoms with E-state index in [0.29, 0.717) is 18.7 Å². The molecular weight excluding hydrogens is 370 g/mol. The summed E-state index contributed by atoms with van der Waals surface area (Å²) in [5.41, 5.74) is 3.35. The topological polar surface area (TPSA) is 98.7 Å². The molecule has 7 heteroatoms. The number of nitrogens with zero attached hydrogens (tertiary/aromatic N) is 1. The van der Waals surface area contributed by atoms with Gasteiger partial charge in [-0.25, -0.2) is 0 Å². The quantitative estimate of drug-likeness (QED) is 0.722. The highest BCUT2D eigenvalue weighted by molar-refractivity contribution is 5.93. The van der Waals surface area contributed by atoms with E-state index in [1.807, 2.05) is 12.1 Å². The van der Waals surface area contributed by atoms with Crippen LogP contribution in [-0.2, 0) is 27.3 Å². The molecule has 2 atom stereocenters. The van der Waals surface area contributed by atoms with Gasteiger partial charge < -0.3 is 20.6 Å². The lowest BCUT2D eigenvalue weighted by Crippen LogP contribution is -2.50. The van der Waals surface area contributed by atoms with Crippen LogP contribution in [0.2, 0.25) is 0 Å². The SMILES string of the molecule is CNC(=O)[C@H](C)N1Cc2cc(NC(C)=O)ccc2[C@@H](Cc2ccc(O)cc2)C1=O. The van der Waals surface area contributed by atoms with Crippen LogP contribution in [-0.4, -0.2) is 40.8 Å². The molecule has 7 nitrogen and oxygen atoms in total. The molecule has 2 aromatic carbocycles. The van der Waals surface area contributed by atoms with Crippen LogP contribution < -0.4 is 10.6 Å². The summed E-state index contributed by atoms with van der Waals surface area (Å²) in [5, 5.41) is 14.9. The fourth-order valence-corrected chi connectivity index (χ4v) is 3.70. The molecule has 152 valence electrons. The van der Waals surface area contributed by atoms with Crippen LogP contribution in [0.4, 0.5) is 5.69 Å². The highest BCUT2D eigenvalue weighted by Crippen LogP contribution is 2.35. The van der Waals surface area contributed by atoms with E-state index in [4.69, 9.17) is 0 Å². The zero-order valence-corrected chi connectivity index (χ0v) is 16.7. The Morgan fingerprint density at radius 3 is 2.52 bits per heavy atom. The third kappa shape index (κ3) is 4.39. The summed E-state index contributed by atoms with van der Waals surface area (Å²) >= 11 is 0. The lowest BCUT2D eigenvalue weighted by atomic mass is 9.83. The second-order valence-electron chi connectivity index (χ2n) is 7.27. The zero-order valence-electron chi connectivity index (χ0n) is 16.7. The standard InChI is InChI=1S/C22H25N3O4/c1-13(21(28)23-3)25-12-16-11-17(24-14(2)26)6-9-19(16)20(22(25)29)10-15-4-7-18(27)8-5-15/h4-9,11,13,20,27H,10,12H2,1-3H3,(H,23,28)(H,24,26)/t13-,20+/m0/s1. The van der Waals surface area contributed by atoms with Crippen LogP contribution >= 0.6 is 0 Å². The summed E-state index contributed by atoms with van der Waals surface area (Å²) in [4.78, 5) is 38.5. The maximum atomic E-state index is 13.3. The first-order chi connectivity index (χ1) is 13.8. The predicted octanol–water partition coefficient (Wildman–Crippen LogP) is 2.15. The van der Waals surface area contributed by atoms with Gasteiger partial charge >= 0.3 is 0 Å². The minimum Gasteiger partial charge on any atom is -0.508 e. The van der Waals surface area contributed by atoms with Gasteiger partial charge in [0, 0.05) is 26.2 Å². The van der Waals surface area contributed by atoms with E-state index < -0.39 is 12.0 Å². The Bertz CT molecular complexity index is 940. The number of rotatable bonds is 5. The smallest absolute Gasteiger partial charge is 0.242 e. The summed E-state index contributed by atoms with van der Waals surface area (Å²) in [5.74, 6) is -0.814. The number of hydrogen-bond donors (Lipinski definition) is 3. The number of phenolic OH excluding ortho intramolecular Hbond substituents is 1. The Hall–Kier alpha value is -3.35. The van der Waals surface area contributed by atoms with Gasteiger partial charge in [0.25, 0.3) is 0 Å². The van der Waals surface area contributed by atoms with Gasteiger partial charge in [0.2, 0.25) is 17.7 Å². The molecule has 0 saturated carbocycles. The Balaban J connectivity index is 2.00. The lowest BCUT2D eigenvalue weighted by molar-refractivity contribution is -0.142. The first-order valence-electron chi connectivity index (χ1n) is 9.50. The molecule has 29 heavy (non-hydrogen) atoms. The van der Waals surface area contributed by atoms with Crippen molar-refractivity contribution in [2.24, 2.45) is 0 Å². The zero-order chi connectivity index (χ0) is 21.1. The molecule has 1 heterocycles. The van der Waals surface area contributed by atoms with Crippen molar-refractivity contribution in [3.63, 3.8) is 0 Å². The third-order valence-electron chi connectivity index (χ3n) is 5.23. The second-order valence-corrected chi connectivity index (χ2v) is 7.27. The van der Waals surface area contributed by atoms with Gasteiger partial charge in [0.15, 0.2) is 0 Å². The molecule has 0 aromatic heterocycles. The van der Waals surface area contributed by atoms with Crippen LogP contribution in [0.5, 0.6) is 5.75 Å². The van der Waals surface area contributed by atoms with Crippen LogP contribution in [0.3, 0.4) is 0 Å². The van der Waals surface area contributed by atoms with Gasteiger partial charge in [0.05, 0.1) is 5.92 Å². The summed E-state index contributed by atoms with van der Waals surface area (Å²) in [6, 6.07) is 11.6. The number of carbonyl (C=O) groups is 3. The van der Waals surface area contributed by atoms with Crippen molar-refractivity contribution >= 4 is 23.4 Å². The van der Waals surface area contributed by atoms with E-state index in [2.05, 4.69) is 10.6 Å². The van der Waals surface area contributed by atoms with E-state index in [1.165, 1.54) is 6.92 Å². The van der Waals surface area contributed by atoms with Gasteiger partial charge in [-0.15, -0.1) is 0 Å². The van der Waals surface area contributed by atoms with E-state index >= 15 is 0 Å². The molecule has 1 aliphatic rings. The van der Waals surface area contributed by atoms with E-state index in [0.717, 1.165) is 16.7 Å². The van der Waals surface area contributed by atoms with Gasteiger partial charge in [-0.2, -0.15) is 0 Å². The van der Waals surface area contributed by atoms with Crippen molar-refractivity contribution in [1.29, 1.82) is 0 Å². The summed E-state index contributed by atoms with van der Waals surface area (Å²) in [6.45, 7) is 3.44. The number of anilines is 1. The molecule has 2 aromatic rings. The molecule has 0 saturated heterocycles. The normalized spacial score (nSPS) is 16.7. The van der Waals surface area contributed by atoms with Crippen molar-refractivity contribution in [3.8, 4) is 5.75 Å². The van der Waals surface area contributed by atoms with Gasteiger partial charge in [-0.3, -0.25) is 14.4 Å². The molecule has 0 fully saturated rings. The average Bonchev–Trinajstić information content (AvgIpc) is 2.69. The minimum absolute atomic E-state index is 0.117. The highest BCUT2D eigenvalue weighted by Gasteiger charge is 2.37. The largest absolute Gasteiger partial charge is 0.508 e.